The van der Waals surface area contributed by atoms with Crippen LogP contribution in [0.1, 0.15) is 26.7 Å². The van der Waals surface area contributed by atoms with Crippen molar-refractivity contribution >= 4 is 11.9 Å². The lowest BCUT2D eigenvalue weighted by molar-refractivity contribution is -0.151. The Morgan fingerprint density at radius 2 is 2.06 bits per heavy atom. The number of hydrogen-bond acceptors (Lipinski definition) is 4. The largest absolute Gasteiger partial charge is 0.464 e. The van der Waals surface area contributed by atoms with Crippen molar-refractivity contribution in [3.8, 4) is 0 Å². The van der Waals surface area contributed by atoms with Crippen molar-refractivity contribution in [2.75, 3.05) is 13.7 Å². The third kappa shape index (κ3) is 2.95. The molecule has 1 saturated carbocycles. The summed E-state index contributed by atoms with van der Waals surface area (Å²) < 4.78 is 4.72. The van der Waals surface area contributed by atoms with Crippen LogP contribution in [0, 0.1) is 5.92 Å². The van der Waals surface area contributed by atoms with E-state index in [1.54, 1.807) is 18.9 Å². The number of carbonyl (C=O) groups excluding carboxylic acids is 2. The summed E-state index contributed by atoms with van der Waals surface area (Å²) in [4.78, 5) is 24.7. The first-order chi connectivity index (χ1) is 7.49. The van der Waals surface area contributed by atoms with E-state index in [2.05, 4.69) is 0 Å². The van der Waals surface area contributed by atoms with Crippen molar-refractivity contribution in [3.63, 3.8) is 0 Å². The van der Waals surface area contributed by atoms with Gasteiger partial charge in [-0.1, -0.05) is 0 Å². The van der Waals surface area contributed by atoms with Crippen LogP contribution in [-0.2, 0) is 14.3 Å². The van der Waals surface area contributed by atoms with Gasteiger partial charge in [0.05, 0.1) is 6.61 Å². The topological polar surface area (TPSA) is 72.6 Å². The fourth-order valence-electron chi connectivity index (χ4n) is 1.65. The molecule has 5 nitrogen and oxygen atoms in total. The van der Waals surface area contributed by atoms with Gasteiger partial charge in [0.25, 0.3) is 5.91 Å². The van der Waals surface area contributed by atoms with Crippen LogP contribution >= 0.6 is 0 Å². The Bertz CT molecular complexity index is 276. The van der Waals surface area contributed by atoms with Crippen molar-refractivity contribution in [2.24, 2.45) is 11.7 Å². The molecule has 0 radical (unpaired) electrons. The zero-order valence-electron chi connectivity index (χ0n) is 10.1. The molecule has 16 heavy (non-hydrogen) atoms. The van der Waals surface area contributed by atoms with Crippen molar-refractivity contribution < 1.29 is 14.3 Å². The molecule has 0 bridgehead atoms. The van der Waals surface area contributed by atoms with Gasteiger partial charge in [-0.25, -0.2) is 4.79 Å². The molecule has 0 aromatic heterocycles. The van der Waals surface area contributed by atoms with Gasteiger partial charge < -0.3 is 15.4 Å². The predicted molar refractivity (Wildman–Crippen MR) is 59.6 cm³/mol. The highest BCUT2D eigenvalue weighted by Gasteiger charge is 2.35. The van der Waals surface area contributed by atoms with Crippen LogP contribution in [-0.4, -0.2) is 42.5 Å². The van der Waals surface area contributed by atoms with Crippen LogP contribution in [0.3, 0.4) is 0 Å². The first kappa shape index (κ1) is 13.0. The summed E-state index contributed by atoms with van der Waals surface area (Å²) >= 11 is 0. The van der Waals surface area contributed by atoms with Crippen LogP contribution in [0.25, 0.3) is 0 Å². The number of hydrogen-bond donors (Lipinski definition) is 1. The highest BCUT2D eigenvalue weighted by Crippen LogP contribution is 2.34. The maximum atomic E-state index is 11.8. The van der Waals surface area contributed by atoms with E-state index in [1.807, 2.05) is 6.92 Å². The Kier molecular flexibility index (Phi) is 4.29. The lowest BCUT2D eigenvalue weighted by Gasteiger charge is -2.26. The quantitative estimate of drug-likeness (QED) is 0.536. The maximum absolute atomic E-state index is 11.8. The Hall–Kier alpha value is -1.10. The molecular formula is C11H20N2O3. The van der Waals surface area contributed by atoms with Gasteiger partial charge in [0, 0.05) is 13.1 Å². The fourth-order valence-corrected chi connectivity index (χ4v) is 1.65. The zero-order valence-corrected chi connectivity index (χ0v) is 10.1. The number of rotatable bonds is 5. The predicted octanol–water partition coefficient (Wildman–Crippen LogP) is 0.134. The van der Waals surface area contributed by atoms with Crippen LogP contribution < -0.4 is 5.73 Å². The van der Waals surface area contributed by atoms with E-state index in [0.29, 0.717) is 5.92 Å². The third-order valence-corrected chi connectivity index (χ3v) is 3.07. The summed E-state index contributed by atoms with van der Waals surface area (Å²) in [6, 6.07) is -1.04. The highest BCUT2D eigenvalue weighted by molar-refractivity contribution is 6.01. The van der Waals surface area contributed by atoms with Crippen LogP contribution in [0.4, 0.5) is 0 Å². The van der Waals surface area contributed by atoms with Crippen LogP contribution in [0.15, 0.2) is 0 Å². The molecule has 1 fully saturated rings. The second-order valence-electron chi connectivity index (χ2n) is 4.26. The van der Waals surface area contributed by atoms with Crippen LogP contribution in [0.5, 0.6) is 0 Å². The molecule has 0 aliphatic heterocycles. The van der Waals surface area contributed by atoms with Gasteiger partial charge in [0.1, 0.15) is 0 Å². The minimum Gasteiger partial charge on any atom is -0.464 e. The average Bonchev–Trinajstić information content (AvgIpc) is 3.09. The molecule has 2 atom stereocenters. The Labute approximate surface area is 95.9 Å². The molecule has 2 N–H and O–H groups in total. The van der Waals surface area contributed by atoms with Gasteiger partial charge in [0.15, 0.2) is 6.04 Å². The van der Waals surface area contributed by atoms with Gasteiger partial charge >= 0.3 is 5.97 Å². The summed E-state index contributed by atoms with van der Waals surface area (Å²) in [5.74, 6) is -0.455. The van der Waals surface area contributed by atoms with E-state index >= 15 is 0 Å². The second kappa shape index (κ2) is 5.30. The van der Waals surface area contributed by atoms with E-state index < -0.39 is 12.0 Å². The Balaban J connectivity index is 2.51. The van der Waals surface area contributed by atoms with Gasteiger partial charge in [-0.05, 0) is 32.6 Å². The molecule has 2 unspecified atom stereocenters. The standard InChI is InChI=1S/C11H20N2O3/c1-4-16-11(15)9(12)10(14)13(3)7(2)8-5-6-8/h7-9H,4-6,12H2,1-3H3. The minimum atomic E-state index is -1.19. The number of amides is 1. The fraction of sp³-hybridized carbons (Fsp3) is 0.818. The number of nitrogens with zero attached hydrogens (tertiary/aromatic N) is 1. The normalized spacial score (nSPS) is 18.8. The molecule has 0 aromatic carbocycles. The van der Waals surface area contributed by atoms with Crippen LogP contribution in [0.2, 0.25) is 0 Å². The molecule has 0 aromatic rings. The molecule has 5 heteroatoms. The van der Waals surface area contributed by atoms with E-state index in [4.69, 9.17) is 10.5 Å². The lowest BCUT2D eigenvalue weighted by atomic mass is 10.1. The average molecular weight is 228 g/mol. The van der Waals surface area contributed by atoms with E-state index in [0.717, 1.165) is 12.8 Å². The molecule has 0 saturated heterocycles. The first-order valence-corrected chi connectivity index (χ1v) is 5.68. The smallest absolute Gasteiger partial charge is 0.332 e. The second-order valence-corrected chi connectivity index (χ2v) is 4.26. The highest BCUT2D eigenvalue weighted by atomic mass is 16.5. The molecule has 1 aliphatic rings. The van der Waals surface area contributed by atoms with Gasteiger partial charge in [0.2, 0.25) is 0 Å². The summed E-state index contributed by atoms with van der Waals surface area (Å²) in [6.07, 6.45) is 2.29. The first-order valence-electron chi connectivity index (χ1n) is 5.68. The summed E-state index contributed by atoms with van der Waals surface area (Å²) in [6.45, 7) is 3.90. The van der Waals surface area contributed by atoms with Gasteiger partial charge in [-0.15, -0.1) is 0 Å². The monoisotopic (exact) mass is 228 g/mol. The van der Waals surface area contributed by atoms with Crippen molar-refractivity contribution in [3.05, 3.63) is 0 Å². The van der Waals surface area contributed by atoms with Gasteiger partial charge in [-0.2, -0.15) is 0 Å². The molecule has 1 aliphatic carbocycles. The van der Waals surface area contributed by atoms with E-state index in [1.165, 1.54) is 0 Å². The minimum absolute atomic E-state index is 0.146. The molecule has 0 spiro atoms. The lowest BCUT2D eigenvalue weighted by Crippen LogP contribution is -2.50. The number of carbonyl (C=O) groups is 2. The van der Waals surface area contributed by atoms with E-state index in [-0.39, 0.29) is 18.6 Å². The summed E-state index contributed by atoms with van der Waals surface area (Å²) in [7, 11) is 1.68. The Morgan fingerprint density at radius 3 is 2.50 bits per heavy atom. The summed E-state index contributed by atoms with van der Waals surface area (Å²) in [5.41, 5.74) is 5.54. The van der Waals surface area contributed by atoms with Crippen molar-refractivity contribution in [1.29, 1.82) is 0 Å². The molecule has 92 valence electrons. The SMILES string of the molecule is CCOC(=O)C(N)C(=O)N(C)C(C)C1CC1. The molecular weight excluding hydrogens is 208 g/mol. The number of esters is 1. The molecule has 1 amide bonds. The van der Waals surface area contributed by atoms with Crippen molar-refractivity contribution in [1.82, 2.24) is 4.90 Å². The number of ether oxygens (including phenoxy) is 1. The summed E-state index contributed by atoms with van der Waals surface area (Å²) in [5, 5.41) is 0. The van der Waals surface area contributed by atoms with Crippen molar-refractivity contribution in [2.45, 2.75) is 38.8 Å². The zero-order chi connectivity index (χ0) is 12.3. The van der Waals surface area contributed by atoms with E-state index in [9.17, 15) is 9.59 Å². The molecule has 1 rings (SSSR count). The Morgan fingerprint density at radius 1 is 1.50 bits per heavy atom. The maximum Gasteiger partial charge on any atom is 0.332 e. The molecule has 0 heterocycles. The third-order valence-electron chi connectivity index (χ3n) is 3.07. The van der Waals surface area contributed by atoms with Gasteiger partial charge in [-0.3, -0.25) is 4.79 Å². The number of nitrogens with two attached hydrogens (primary N) is 1. The number of likely N-dealkylation sites (N-methyl/N-ethyl adjacent to an activating group) is 1.